The SMILES string of the molecule is O=C(CN1CCOCC1)N1CCN(Cc2coc(-c3cccc(F)c3)n2)CC1. The highest BCUT2D eigenvalue weighted by atomic mass is 19.1. The summed E-state index contributed by atoms with van der Waals surface area (Å²) in [7, 11) is 0. The van der Waals surface area contributed by atoms with Crippen molar-refractivity contribution >= 4 is 5.91 Å². The largest absolute Gasteiger partial charge is 0.444 e. The second-order valence-corrected chi connectivity index (χ2v) is 7.20. The molecule has 0 bridgehead atoms. The number of carbonyl (C=O) groups is 1. The highest BCUT2D eigenvalue weighted by Crippen LogP contribution is 2.20. The predicted octanol–water partition coefficient (Wildman–Crippen LogP) is 1.46. The van der Waals surface area contributed by atoms with Gasteiger partial charge in [-0.3, -0.25) is 14.6 Å². The Labute approximate surface area is 163 Å². The number of oxazole rings is 1. The van der Waals surface area contributed by atoms with Crippen LogP contribution in [0.25, 0.3) is 11.5 Å². The van der Waals surface area contributed by atoms with Crippen LogP contribution < -0.4 is 0 Å². The van der Waals surface area contributed by atoms with Gasteiger partial charge in [0.1, 0.15) is 12.1 Å². The van der Waals surface area contributed by atoms with Crippen molar-refractivity contribution in [2.75, 3.05) is 59.0 Å². The predicted molar refractivity (Wildman–Crippen MR) is 101 cm³/mol. The average molecular weight is 388 g/mol. The molecule has 0 N–H and O–H groups in total. The van der Waals surface area contributed by atoms with Crippen molar-refractivity contribution in [1.29, 1.82) is 0 Å². The Kier molecular flexibility index (Phi) is 5.99. The second kappa shape index (κ2) is 8.81. The fourth-order valence-electron chi connectivity index (χ4n) is 3.57. The first-order valence-electron chi connectivity index (χ1n) is 9.68. The maximum absolute atomic E-state index is 13.4. The molecule has 0 spiro atoms. The molecule has 2 saturated heterocycles. The van der Waals surface area contributed by atoms with Crippen LogP contribution in [0.5, 0.6) is 0 Å². The Balaban J connectivity index is 1.26. The lowest BCUT2D eigenvalue weighted by Gasteiger charge is -2.36. The number of carbonyl (C=O) groups excluding carboxylic acids is 1. The number of hydrogen-bond acceptors (Lipinski definition) is 6. The zero-order valence-corrected chi connectivity index (χ0v) is 15.8. The van der Waals surface area contributed by atoms with E-state index in [-0.39, 0.29) is 11.7 Å². The molecule has 3 heterocycles. The maximum atomic E-state index is 13.4. The summed E-state index contributed by atoms with van der Waals surface area (Å²) in [5, 5.41) is 0. The molecular weight excluding hydrogens is 363 g/mol. The van der Waals surface area contributed by atoms with Crippen LogP contribution in [0.3, 0.4) is 0 Å². The molecule has 1 aromatic heterocycles. The molecule has 28 heavy (non-hydrogen) atoms. The first-order chi connectivity index (χ1) is 13.7. The molecule has 2 aliphatic heterocycles. The van der Waals surface area contributed by atoms with Gasteiger partial charge in [0.15, 0.2) is 0 Å². The first-order valence-corrected chi connectivity index (χ1v) is 9.68. The van der Waals surface area contributed by atoms with Crippen molar-refractivity contribution in [2.45, 2.75) is 6.54 Å². The molecule has 1 aromatic carbocycles. The highest BCUT2D eigenvalue weighted by Gasteiger charge is 2.24. The molecule has 8 heteroatoms. The van der Waals surface area contributed by atoms with Gasteiger partial charge in [-0.25, -0.2) is 9.37 Å². The summed E-state index contributed by atoms with van der Waals surface area (Å²) in [5.74, 6) is 0.306. The van der Waals surface area contributed by atoms with Crippen molar-refractivity contribution in [3.8, 4) is 11.5 Å². The molecule has 2 fully saturated rings. The lowest BCUT2D eigenvalue weighted by Crippen LogP contribution is -2.52. The van der Waals surface area contributed by atoms with E-state index in [1.807, 2.05) is 4.90 Å². The minimum absolute atomic E-state index is 0.191. The van der Waals surface area contributed by atoms with Gasteiger partial charge in [0.2, 0.25) is 11.8 Å². The molecule has 2 aliphatic rings. The van der Waals surface area contributed by atoms with E-state index in [2.05, 4.69) is 14.8 Å². The average Bonchev–Trinajstić information content (AvgIpc) is 3.18. The Bertz CT molecular complexity index is 798. The zero-order valence-electron chi connectivity index (χ0n) is 15.8. The highest BCUT2D eigenvalue weighted by molar-refractivity contribution is 5.78. The Morgan fingerprint density at radius 3 is 2.61 bits per heavy atom. The summed E-state index contributed by atoms with van der Waals surface area (Å²) in [4.78, 5) is 23.3. The summed E-state index contributed by atoms with van der Waals surface area (Å²) in [6, 6.07) is 6.22. The molecule has 2 aromatic rings. The summed E-state index contributed by atoms with van der Waals surface area (Å²) in [6.07, 6.45) is 1.62. The molecular formula is C20H25FN4O3. The van der Waals surface area contributed by atoms with E-state index in [1.54, 1.807) is 18.4 Å². The molecule has 4 rings (SSSR count). The van der Waals surface area contributed by atoms with E-state index in [4.69, 9.17) is 9.15 Å². The van der Waals surface area contributed by atoms with Gasteiger partial charge in [0.25, 0.3) is 0 Å². The van der Waals surface area contributed by atoms with Gasteiger partial charge in [-0.1, -0.05) is 6.07 Å². The molecule has 0 radical (unpaired) electrons. The molecule has 7 nitrogen and oxygen atoms in total. The van der Waals surface area contributed by atoms with Gasteiger partial charge in [-0.05, 0) is 18.2 Å². The number of aromatic nitrogens is 1. The molecule has 0 aliphatic carbocycles. The molecule has 0 unspecified atom stereocenters. The van der Waals surface area contributed by atoms with Crippen LogP contribution in [0.15, 0.2) is 34.9 Å². The van der Waals surface area contributed by atoms with Gasteiger partial charge < -0.3 is 14.1 Å². The van der Waals surface area contributed by atoms with Crippen LogP contribution >= 0.6 is 0 Å². The molecule has 0 atom stereocenters. The van der Waals surface area contributed by atoms with E-state index < -0.39 is 0 Å². The number of morpholine rings is 1. The molecule has 0 saturated carbocycles. The zero-order chi connectivity index (χ0) is 19.3. The second-order valence-electron chi connectivity index (χ2n) is 7.20. The van der Waals surface area contributed by atoms with Crippen LogP contribution in [0.4, 0.5) is 4.39 Å². The van der Waals surface area contributed by atoms with Gasteiger partial charge in [0.05, 0.1) is 25.5 Å². The quantitative estimate of drug-likeness (QED) is 0.773. The van der Waals surface area contributed by atoms with E-state index in [1.165, 1.54) is 12.1 Å². The third kappa shape index (κ3) is 4.76. The van der Waals surface area contributed by atoms with Gasteiger partial charge in [0, 0.05) is 51.4 Å². The van der Waals surface area contributed by atoms with Gasteiger partial charge >= 0.3 is 0 Å². The van der Waals surface area contributed by atoms with Crippen LogP contribution in [0.2, 0.25) is 0 Å². The number of nitrogens with zero attached hydrogens (tertiary/aromatic N) is 4. The molecule has 1 amide bonds. The third-order valence-electron chi connectivity index (χ3n) is 5.20. The lowest BCUT2D eigenvalue weighted by atomic mass is 10.2. The first kappa shape index (κ1) is 19.0. The number of rotatable bonds is 5. The van der Waals surface area contributed by atoms with Crippen LogP contribution in [0, 0.1) is 5.82 Å². The standard InChI is InChI=1S/C20H25FN4O3/c21-17-3-1-2-16(12-17)20-22-18(15-28-20)13-23-4-6-25(7-5-23)19(26)14-24-8-10-27-11-9-24/h1-3,12,15H,4-11,13-14H2. The van der Waals surface area contributed by atoms with Crippen molar-refractivity contribution < 1.29 is 18.3 Å². The topological polar surface area (TPSA) is 62.1 Å². The smallest absolute Gasteiger partial charge is 0.236 e. The normalized spacial score (nSPS) is 19.1. The third-order valence-corrected chi connectivity index (χ3v) is 5.20. The number of halogens is 1. The number of hydrogen-bond donors (Lipinski definition) is 0. The fourth-order valence-corrected chi connectivity index (χ4v) is 3.57. The monoisotopic (exact) mass is 388 g/mol. The van der Waals surface area contributed by atoms with E-state index in [0.29, 0.717) is 37.8 Å². The maximum Gasteiger partial charge on any atom is 0.236 e. The summed E-state index contributed by atoms with van der Waals surface area (Å²) >= 11 is 0. The summed E-state index contributed by atoms with van der Waals surface area (Å²) in [6.45, 7) is 7.24. The van der Waals surface area contributed by atoms with Crippen molar-refractivity contribution in [3.63, 3.8) is 0 Å². The van der Waals surface area contributed by atoms with E-state index >= 15 is 0 Å². The number of ether oxygens (including phenoxy) is 1. The number of benzene rings is 1. The number of piperazine rings is 1. The lowest BCUT2D eigenvalue weighted by molar-refractivity contribution is -0.135. The van der Waals surface area contributed by atoms with Crippen molar-refractivity contribution in [3.05, 3.63) is 42.0 Å². The minimum atomic E-state index is -0.310. The van der Waals surface area contributed by atoms with E-state index in [0.717, 1.165) is 45.0 Å². The van der Waals surface area contributed by atoms with Crippen LogP contribution in [0.1, 0.15) is 5.69 Å². The van der Waals surface area contributed by atoms with Crippen LogP contribution in [-0.2, 0) is 16.1 Å². The Morgan fingerprint density at radius 2 is 1.86 bits per heavy atom. The summed E-state index contributed by atoms with van der Waals surface area (Å²) in [5.41, 5.74) is 1.44. The van der Waals surface area contributed by atoms with E-state index in [9.17, 15) is 9.18 Å². The van der Waals surface area contributed by atoms with Gasteiger partial charge in [-0.2, -0.15) is 0 Å². The van der Waals surface area contributed by atoms with Gasteiger partial charge in [-0.15, -0.1) is 0 Å². The number of amides is 1. The fraction of sp³-hybridized carbons (Fsp3) is 0.500. The van der Waals surface area contributed by atoms with Crippen molar-refractivity contribution in [2.24, 2.45) is 0 Å². The Hall–Kier alpha value is -2.29. The van der Waals surface area contributed by atoms with Crippen molar-refractivity contribution in [1.82, 2.24) is 19.7 Å². The Morgan fingerprint density at radius 1 is 1.07 bits per heavy atom. The molecule has 150 valence electrons. The van der Waals surface area contributed by atoms with Crippen LogP contribution in [-0.4, -0.2) is 84.6 Å². The minimum Gasteiger partial charge on any atom is -0.444 e. The summed E-state index contributed by atoms with van der Waals surface area (Å²) < 4.78 is 24.2.